The fraction of sp³-hybridized carbons (Fsp3) is 0.190. The van der Waals surface area contributed by atoms with Crippen LogP contribution in [0.15, 0.2) is 36.4 Å². The molecule has 136 valence electrons. The summed E-state index contributed by atoms with van der Waals surface area (Å²) in [6, 6.07) is 11.3. The number of methoxy groups -OCH3 is 2. The molecule has 0 aromatic heterocycles. The standard InChI is InChI=1S/C21H16O6/c1-23-16-6-12-7-19-21(14(22)9-25-19)20(13(12)8-17(16)24-2)11-3-4-15-18(5-11)27-10-26-15/h3-8H,9-10H2,1-2H3. The van der Waals surface area contributed by atoms with Crippen LogP contribution < -0.4 is 23.7 Å². The number of rotatable bonds is 3. The minimum atomic E-state index is -0.0469. The second kappa shape index (κ2) is 5.81. The second-order valence-electron chi connectivity index (χ2n) is 6.33. The zero-order valence-electron chi connectivity index (χ0n) is 14.8. The zero-order chi connectivity index (χ0) is 18.5. The number of carbonyl (C=O) groups is 1. The van der Waals surface area contributed by atoms with Crippen LogP contribution in [0.1, 0.15) is 10.4 Å². The van der Waals surface area contributed by atoms with E-state index in [0.29, 0.717) is 34.3 Å². The van der Waals surface area contributed by atoms with Gasteiger partial charge in [0.1, 0.15) is 5.75 Å². The van der Waals surface area contributed by atoms with Crippen molar-refractivity contribution in [3.05, 3.63) is 42.0 Å². The van der Waals surface area contributed by atoms with Crippen molar-refractivity contribution in [2.24, 2.45) is 0 Å². The van der Waals surface area contributed by atoms with Gasteiger partial charge in [-0.1, -0.05) is 6.07 Å². The lowest BCUT2D eigenvalue weighted by Crippen LogP contribution is -2.01. The van der Waals surface area contributed by atoms with Gasteiger partial charge in [-0.2, -0.15) is 0 Å². The van der Waals surface area contributed by atoms with E-state index in [9.17, 15) is 4.79 Å². The van der Waals surface area contributed by atoms with Crippen LogP contribution in [0.3, 0.4) is 0 Å². The number of benzene rings is 3. The highest BCUT2D eigenvalue weighted by Gasteiger charge is 2.29. The van der Waals surface area contributed by atoms with E-state index < -0.39 is 0 Å². The average Bonchev–Trinajstić information content (AvgIpc) is 3.31. The first kappa shape index (κ1) is 15.8. The summed E-state index contributed by atoms with van der Waals surface area (Å²) >= 11 is 0. The van der Waals surface area contributed by atoms with E-state index >= 15 is 0 Å². The lowest BCUT2D eigenvalue weighted by molar-refractivity contribution is 0.0961. The van der Waals surface area contributed by atoms with Crippen molar-refractivity contribution < 1.29 is 28.5 Å². The third-order valence-electron chi connectivity index (χ3n) is 4.91. The Balaban J connectivity index is 1.86. The third kappa shape index (κ3) is 2.30. The number of carbonyl (C=O) groups excluding carboxylic acids is 1. The number of Topliss-reactive ketones (excluding diaryl/α,β-unsaturated/α-hetero) is 1. The van der Waals surface area contributed by atoms with Gasteiger partial charge in [0.15, 0.2) is 29.6 Å². The van der Waals surface area contributed by atoms with Crippen LogP contribution in [0.25, 0.3) is 21.9 Å². The van der Waals surface area contributed by atoms with Crippen molar-refractivity contribution in [1.82, 2.24) is 0 Å². The Hall–Kier alpha value is -3.41. The molecule has 0 fully saturated rings. The minimum absolute atomic E-state index is 0.0392. The molecular formula is C21H16O6. The Kier molecular flexibility index (Phi) is 3.40. The van der Waals surface area contributed by atoms with Gasteiger partial charge in [0, 0.05) is 5.56 Å². The van der Waals surface area contributed by atoms with E-state index in [1.807, 2.05) is 36.4 Å². The van der Waals surface area contributed by atoms with Gasteiger partial charge in [-0.25, -0.2) is 0 Å². The van der Waals surface area contributed by atoms with E-state index in [2.05, 4.69) is 0 Å². The van der Waals surface area contributed by atoms with Crippen molar-refractivity contribution in [1.29, 1.82) is 0 Å². The highest BCUT2D eigenvalue weighted by Crippen LogP contribution is 2.46. The fourth-order valence-electron chi connectivity index (χ4n) is 3.66. The van der Waals surface area contributed by atoms with Crippen LogP contribution in [0.5, 0.6) is 28.7 Å². The molecule has 6 nitrogen and oxygen atoms in total. The molecule has 0 aliphatic carbocycles. The van der Waals surface area contributed by atoms with Gasteiger partial charge in [-0.15, -0.1) is 0 Å². The normalized spacial score (nSPS) is 14.2. The van der Waals surface area contributed by atoms with Crippen molar-refractivity contribution in [3.8, 4) is 39.9 Å². The van der Waals surface area contributed by atoms with Crippen molar-refractivity contribution in [2.75, 3.05) is 27.6 Å². The van der Waals surface area contributed by atoms with Gasteiger partial charge in [-0.3, -0.25) is 4.79 Å². The van der Waals surface area contributed by atoms with Crippen LogP contribution >= 0.6 is 0 Å². The Morgan fingerprint density at radius 2 is 1.59 bits per heavy atom. The summed E-state index contributed by atoms with van der Waals surface area (Å²) < 4.78 is 27.4. The molecule has 0 bridgehead atoms. The van der Waals surface area contributed by atoms with E-state index in [0.717, 1.165) is 21.9 Å². The quantitative estimate of drug-likeness (QED) is 0.704. The molecule has 5 rings (SSSR count). The van der Waals surface area contributed by atoms with Gasteiger partial charge in [0.25, 0.3) is 0 Å². The molecule has 0 saturated heterocycles. The maximum atomic E-state index is 12.6. The Bertz CT molecular complexity index is 1100. The number of hydrogen-bond acceptors (Lipinski definition) is 6. The van der Waals surface area contributed by atoms with Gasteiger partial charge in [0.05, 0.1) is 19.8 Å². The number of fused-ring (bicyclic) bond motifs is 3. The number of ketones is 1. The van der Waals surface area contributed by atoms with E-state index in [1.54, 1.807) is 14.2 Å². The van der Waals surface area contributed by atoms with Crippen LogP contribution in [0, 0.1) is 0 Å². The van der Waals surface area contributed by atoms with Gasteiger partial charge in [0.2, 0.25) is 12.6 Å². The monoisotopic (exact) mass is 364 g/mol. The molecule has 3 aromatic carbocycles. The summed E-state index contributed by atoms with van der Waals surface area (Å²) in [4.78, 5) is 12.6. The topological polar surface area (TPSA) is 63.2 Å². The molecule has 0 N–H and O–H groups in total. The highest BCUT2D eigenvalue weighted by atomic mass is 16.7. The summed E-state index contributed by atoms with van der Waals surface area (Å²) in [6.45, 7) is 0.233. The Labute approximate surface area is 155 Å². The molecule has 0 amide bonds. The average molecular weight is 364 g/mol. The van der Waals surface area contributed by atoms with Gasteiger partial charge < -0.3 is 23.7 Å². The molecule has 2 heterocycles. The molecule has 6 heteroatoms. The lowest BCUT2D eigenvalue weighted by Gasteiger charge is -2.15. The predicted octanol–water partition coefficient (Wildman–Crippen LogP) is 3.83. The summed E-state index contributed by atoms with van der Waals surface area (Å²) in [5.41, 5.74) is 2.23. The molecule has 2 aliphatic rings. The second-order valence-corrected chi connectivity index (χ2v) is 6.33. The van der Waals surface area contributed by atoms with Crippen LogP contribution in [-0.4, -0.2) is 33.4 Å². The molecule has 0 atom stereocenters. The molecule has 0 radical (unpaired) electrons. The van der Waals surface area contributed by atoms with E-state index in [1.165, 1.54) is 0 Å². The molecule has 27 heavy (non-hydrogen) atoms. The minimum Gasteiger partial charge on any atom is -0.493 e. The fourth-order valence-corrected chi connectivity index (χ4v) is 3.66. The first-order valence-corrected chi connectivity index (χ1v) is 8.48. The van der Waals surface area contributed by atoms with Crippen molar-refractivity contribution in [2.45, 2.75) is 0 Å². The summed E-state index contributed by atoms with van der Waals surface area (Å²) in [7, 11) is 3.18. The van der Waals surface area contributed by atoms with E-state index in [4.69, 9.17) is 23.7 Å². The molecule has 2 aliphatic heterocycles. The molecule has 0 saturated carbocycles. The van der Waals surface area contributed by atoms with Crippen molar-refractivity contribution >= 4 is 16.6 Å². The Morgan fingerprint density at radius 3 is 2.41 bits per heavy atom. The third-order valence-corrected chi connectivity index (χ3v) is 4.91. The molecule has 3 aromatic rings. The molecular weight excluding hydrogens is 348 g/mol. The van der Waals surface area contributed by atoms with Gasteiger partial charge in [-0.05, 0) is 46.7 Å². The maximum Gasteiger partial charge on any atom is 0.231 e. The zero-order valence-corrected chi connectivity index (χ0v) is 14.8. The largest absolute Gasteiger partial charge is 0.493 e. The maximum absolute atomic E-state index is 12.6. The number of hydrogen-bond donors (Lipinski definition) is 0. The van der Waals surface area contributed by atoms with Crippen molar-refractivity contribution in [3.63, 3.8) is 0 Å². The van der Waals surface area contributed by atoms with Gasteiger partial charge >= 0.3 is 0 Å². The van der Waals surface area contributed by atoms with Crippen LogP contribution in [-0.2, 0) is 0 Å². The first-order chi connectivity index (χ1) is 13.2. The summed E-state index contributed by atoms with van der Waals surface area (Å²) in [5, 5.41) is 1.78. The molecule has 0 spiro atoms. The van der Waals surface area contributed by atoms with E-state index in [-0.39, 0.29) is 19.2 Å². The first-order valence-electron chi connectivity index (χ1n) is 8.48. The highest BCUT2D eigenvalue weighted by molar-refractivity contribution is 6.15. The summed E-state index contributed by atoms with van der Waals surface area (Å²) in [6.07, 6.45) is 0. The van der Waals surface area contributed by atoms with Crippen LogP contribution in [0.4, 0.5) is 0 Å². The Morgan fingerprint density at radius 1 is 0.815 bits per heavy atom. The number of ether oxygens (including phenoxy) is 5. The lowest BCUT2D eigenvalue weighted by atomic mass is 9.91. The smallest absolute Gasteiger partial charge is 0.231 e. The predicted molar refractivity (Wildman–Crippen MR) is 98.4 cm³/mol. The SMILES string of the molecule is COc1cc2cc3c(c(-c4ccc5c(c4)OCO5)c2cc1OC)C(=O)CO3. The van der Waals surface area contributed by atoms with Crippen LogP contribution in [0.2, 0.25) is 0 Å². The molecule has 0 unspecified atom stereocenters. The summed E-state index contributed by atoms with van der Waals surface area (Å²) in [5.74, 6) is 3.09.